The molecule has 0 amide bonds. The van der Waals surface area contributed by atoms with Crippen LogP contribution in [-0.2, 0) is 6.54 Å². The zero-order valence-corrected chi connectivity index (χ0v) is 18.4. The number of aromatic nitrogens is 2. The fourth-order valence-corrected chi connectivity index (χ4v) is 3.09. The Labute approximate surface area is 177 Å². The van der Waals surface area contributed by atoms with Crippen LogP contribution in [0.2, 0.25) is 0 Å². The molecule has 7 nitrogen and oxygen atoms in total. The molecule has 1 N–H and O–H groups in total. The van der Waals surface area contributed by atoms with Gasteiger partial charge < -0.3 is 19.9 Å². The Kier molecular flexibility index (Phi) is 8.08. The average Bonchev–Trinajstić information content (AvgIpc) is 2.69. The number of nitrogens with zero attached hydrogens (tertiary/aromatic N) is 5. The van der Waals surface area contributed by atoms with Crippen molar-refractivity contribution in [3.05, 3.63) is 48.0 Å². The van der Waals surface area contributed by atoms with E-state index in [-0.39, 0.29) is 24.0 Å². The van der Waals surface area contributed by atoms with Crippen molar-refractivity contribution in [1.82, 2.24) is 20.2 Å². The van der Waals surface area contributed by atoms with Crippen LogP contribution in [0.4, 0.5) is 5.69 Å². The molecule has 0 spiro atoms. The first-order chi connectivity index (χ1) is 12.7. The number of benzene rings is 1. The monoisotopic (exact) mass is 482 g/mol. The van der Waals surface area contributed by atoms with E-state index >= 15 is 0 Å². The predicted molar refractivity (Wildman–Crippen MR) is 119 cm³/mol. The van der Waals surface area contributed by atoms with Crippen LogP contribution < -0.4 is 15.0 Å². The average molecular weight is 482 g/mol. The van der Waals surface area contributed by atoms with Gasteiger partial charge in [0.1, 0.15) is 11.6 Å². The molecule has 27 heavy (non-hydrogen) atoms. The van der Waals surface area contributed by atoms with Gasteiger partial charge in [-0.05, 0) is 25.1 Å². The van der Waals surface area contributed by atoms with E-state index in [1.807, 2.05) is 32.2 Å². The Bertz CT molecular complexity index is 761. The van der Waals surface area contributed by atoms with Crippen LogP contribution in [0.3, 0.4) is 0 Å². The number of rotatable bonds is 4. The summed E-state index contributed by atoms with van der Waals surface area (Å²) in [6.07, 6.45) is 1.79. The Morgan fingerprint density at radius 3 is 2.67 bits per heavy atom. The van der Waals surface area contributed by atoms with Crippen molar-refractivity contribution < 1.29 is 4.74 Å². The van der Waals surface area contributed by atoms with Gasteiger partial charge in [-0.25, -0.2) is 9.97 Å². The van der Waals surface area contributed by atoms with E-state index in [4.69, 9.17) is 4.74 Å². The highest BCUT2D eigenvalue weighted by atomic mass is 127. The lowest BCUT2D eigenvalue weighted by atomic mass is 10.2. The molecule has 0 atom stereocenters. The zero-order chi connectivity index (χ0) is 18.4. The number of halogens is 1. The summed E-state index contributed by atoms with van der Waals surface area (Å²) in [7, 11) is 3.52. The Hall–Kier alpha value is -2.10. The summed E-state index contributed by atoms with van der Waals surface area (Å²) in [5.41, 5.74) is 2.16. The number of hydrogen-bond acceptors (Lipinski definition) is 5. The maximum atomic E-state index is 5.33. The summed E-state index contributed by atoms with van der Waals surface area (Å²) >= 11 is 0. The Balaban J connectivity index is 0.00000261. The van der Waals surface area contributed by atoms with Crippen LogP contribution in [0, 0.1) is 6.92 Å². The third-order valence-corrected chi connectivity index (χ3v) is 4.47. The van der Waals surface area contributed by atoms with Crippen molar-refractivity contribution >= 4 is 35.6 Å². The number of aryl methyl sites for hydroxylation is 1. The van der Waals surface area contributed by atoms with E-state index in [0.717, 1.165) is 49.4 Å². The second kappa shape index (κ2) is 10.3. The molecule has 1 saturated heterocycles. The Morgan fingerprint density at radius 2 is 2.00 bits per heavy atom. The van der Waals surface area contributed by atoms with Crippen molar-refractivity contribution in [1.29, 1.82) is 0 Å². The fourth-order valence-electron chi connectivity index (χ4n) is 3.09. The summed E-state index contributed by atoms with van der Waals surface area (Å²) in [4.78, 5) is 17.6. The van der Waals surface area contributed by atoms with Crippen molar-refractivity contribution in [3.63, 3.8) is 0 Å². The molecule has 0 radical (unpaired) electrons. The van der Waals surface area contributed by atoms with E-state index in [9.17, 15) is 0 Å². The molecular weight excluding hydrogens is 455 g/mol. The minimum absolute atomic E-state index is 0. The van der Waals surface area contributed by atoms with E-state index in [0.29, 0.717) is 6.54 Å². The first kappa shape index (κ1) is 21.2. The molecule has 3 rings (SSSR count). The highest BCUT2D eigenvalue weighted by Gasteiger charge is 2.20. The number of nitrogens with one attached hydrogen (secondary N) is 1. The molecule has 1 aliphatic rings. The van der Waals surface area contributed by atoms with Crippen LogP contribution in [0.5, 0.6) is 5.75 Å². The van der Waals surface area contributed by atoms with Crippen LogP contribution in [0.1, 0.15) is 11.5 Å². The van der Waals surface area contributed by atoms with E-state index < -0.39 is 0 Å². The third-order valence-electron chi connectivity index (χ3n) is 4.47. The minimum atomic E-state index is 0. The van der Waals surface area contributed by atoms with Crippen LogP contribution in [0.25, 0.3) is 0 Å². The third kappa shape index (κ3) is 5.69. The van der Waals surface area contributed by atoms with Gasteiger partial charge in [-0.1, -0.05) is 6.07 Å². The maximum absolute atomic E-state index is 5.33. The number of anilines is 1. The van der Waals surface area contributed by atoms with Gasteiger partial charge in [0.2, 0.25) is 0 Å². The lowest BCUT2D eigenvalue weighted by Gasteiger charge is -2.37. The first-order valence-electron chi connectivity index (χ1n) is 8.82. The second-order valence-corrected chi connectivity index (χ2v) is 6.17. The highest BCUT2D eigenvalue weighted by molar-refractivity contribution is 14.0. The topological polar surface area (TPSA) is 65.9 Å². The summed E-state index contributed by atoms with van der Waals surface area (Å²) in [5.74, 6) is 2.58. The molecule has 1 aromatic carbocycles. The normalized spacial score (nSPS) is 14.6. The van der Waals surface area contributed by atoms with E-state index in [1.165, 1.54) is 5.69 Å². The predicted octanol–water partition coefficient (Wildman–Crippen LogP) is 2.31. The zero-order valence-electron chi connectivity index (χ0n) is 16.1. The lowest BCUT2D eigenvalue weighted by molar-refractivity contribution is 0.371. The smallest absolute Gasteiger partial charge is 0.194 e. The molecular formula is C19H27IN6O. The molecule has 0 unspecified atom stereocenters. The summed E-state index contributed by atoms with van der Waals surface area (Å²) in [6, 6.07) is 10.1. The second-order valence-electron chi connectivity index (χ2n) is 6.17. The molecule has 1 aromatic heterocycles. The number of aliphatic imine (C=N–C) groups is 1. The Morgan fingerprint density at radius 1 is 1.22 bits per heavy atom. The molecule has 1 fully saturated rings. The van der Waals surface area contributed by atoms with Crippen molar-refractivity contribution in [2.45, 2.75) is 13.5 Å². The number of guanidine groups is 1. The summed E-state index contributed by atoms with van der Waals surface area (Å²) < 4.78 is 5.33. The van der Waals surface area contributed by atoms with Gasteiger partial charge in [-0.3, -0.25) is 4.99 Å². The summed E-state index contributed by atoms with van der Waals surface area (Å²) in [5, 5.41) is 3.40. The number of hydrogen-bond donors (Lipinski definition) is 1. The van der Waals surface area contributed by atoms with Crippen LogP contribution in [-0.4, -0.2) is 61.2 Å². The lowest BCUT2D eigenvalue weighted by Crippen LogP contribution is -2.52. The molecule has 1 aliphatic heterocycles. The summed E-state index contributed by atoms with van der Waals surface area (Å²) in [6.45, 7) is 6.27. The van der Waals surface area contributed by atoms with Crippen molar-refractivity contribution in [2.24, 2.45) is 4.99 Å². The van der Waals surface area contributed by atoms with Gasteiger partial charge in [-0.2, -0.15) is 0 Å². The standard InChI is InChI=1S/C19H26N6O.HI/c1-15-21-8-7-16(23-15)14-22-19(20-2)25-11-9-24(10-12-25)17-5-4-6-18(13-17)26-3;/h4-8,13H,9-12,14H2,1-3H3,(H,20,22);1H. The van der Waals surface area contributed by atoms with E-state index in [1.54, 1.807) is 13.3 Å². The molecule has 146 valence electrons. The molecule has 2 heterocycles. The van der Waals surface area contributed by atoms with Gasteiger partial charge in [0.15, 0.2) is 5.96 Å². The molecule has 0 aliphatic carbocycles. The molecule has 8 heteroatoms. The van der Waals surface area contributed by atoms with E-state index in [2.05, 4.69) is 42.2 Å². The number of methoxy groups -OCH3 is 1. The molecule has 0 saturated carbocycles. The first-order valence-corrected chi connectivity index (χ1v) is 8.82. The van der Waals surface area contributed by atoms with Crippen LogP contribution >= 0.6 is 24.0 Å². The fraction of sp³-hybridized carbons (Fsp3) is 0.421. The van der Waals surface area contributed by atoms with Gasteiger partial charge >= 0.3 is 0 Å². The van der Waals surface area contributed by atoms with Crippen LogP contribution in [0.15, 0.2) is 41.5 Å². The number of piperazine rings is 1. The van der Waals surface area contributed by atoms with Crippen molar-refractivity contribution in [2.75, 3.05) is 45.2 Å². The van der Waals surface area contributed by atoms with Crippen molar-refractivity contribution in [3.8, 4) is 5.75 Å². The number of ether oxygens (including phenoxy) is 1. The van der Waals surface area contributed by atoms with Gasteiger partial charge in [0.05, 0.1) is 19.3 Å². The highest BCUT2D eigenvalue weighted by Crippen LogP contribution is 2.22. The minimum Gasteiger partial charge on any atom is -0.497 e. The van der Waals surface area contributed by atoms with Gasteiger partial charge in [0.25, 0.3) is 0 Å². The quantitative estimate of drug-likeness (QED) is 0.410. The van der Waals surface area contributed by atoms with Gasteiger partial charge in [-0.15, -0.1) is 24.0 Å². The van der Waals surface area contributed by atoms with Gasteiger partial charge in [0, 0.05) is 51.2 Å². The maximum Gasteiger partial charge on any atom is 0.194 e. The SMILES string of the molecule is CN=C(NCc1ccnc(C)n1)N1CCN(c2cccc(OC)c2)CC1.I. The largest absolute Gasteiger partial charge is 0.497 e. The molecule has 0 bridgehead atoms. The molecule has 2 aromatic rings.